The number of carbonyl (C=O) groups is 2. The average Bonchev–Trinajstić information content (AvgIpc) is 2.91. The molecule has 0 aliphatic carbocycles. The van der Waals surface area contributed by atoms with Crippen LogP contribution in [0.1, 0.15) is 22.3 Å². The monoisotopic (exact) mass is 433 g/mol. The highest BCUT2D eigenvalue weighted by Gasteiger charge is 2.21. The smallest absolute Gasteiger partial charge is 0.310 e. The fourth-order valence-corrected chi connectivity index (χ4v) is 3.58. The highest BCUT2D eigenvalue weighted by molar-refractivity contribution is 6.12. The van der Waals surface area contributed by atoms with Crippen LogP contribution >= 0.6 is 0 Å². The summed E-state index contributed by atoms with van der Waals surface area (Å²) in [6.45, 7) is 0. The summed E-state index contributed by atoms with van der Waals surface area (Å²) in [5, 5.41) is 26.2. The number of nitrogens with zero attached hydrogens (tertiary/aromatic N) is 1. The molecule has 9 heteroatoms. The maximum atomic E-state index is 12.8. The molecule has 0 bridgehead atoms. The van der Waals surface area contributed by atoms with Gasteiger partial charge in [0.1, 0.15) is 0 Å². The van der Waals surface area contributed by atoms with Crippen molar-refractivity contribution in [2.24, 2.45) is 0 Å². The van der Waals surface area contributed by atoms with E-state index in [-0.39, 0.29) is 23.8 Å². The van der Waals surface area contributed by atoms with Crippen LogP contribution in [0, 0.1) is 10.1 Å². The first-order chi connectivity index (χ1) is 15.4. The summed E-state index contributed by atoms with van der Waals surface area (Å²) in [5.74, 6) is -1.04. The zero-order valence-electron chi connectivity index (χ0n) is 17.0. The number of ether oxygens (including phenoxy) is 1. The number of carbonyl (C=O) groups excluding carboxylic acids is 1. The van der Waals surface area contributed by atoms with E-state index >= 15 is 0 Å². The number of carboxylic acid groups (broad SMARTS) is 1. The number of anilines is 3. The standard InChI is InChI=1S/C23H19N3O6/c1-32-21-12-15(5-8-20(21)26(30)31)14-4-6-16-18(11-14)24-17-7-2-13(3-9-22(27)28)10-19(17)25-23(16)29/h2,4-8,10-12,24H,3,9H2,1H3,(H,25,29)(H,27,28). The Bertz CT molecular complexity index is 1250. The number of aliphatic carboxylic acids is 1. The molecule has 0 saturated heterocycles. The van der Waals surface area contributed by atoms with E-state index in [9.17, 15) is 19.7 Å². The van der Waals surface area contributed by atoms with Crippen molar-refractivity contribution in [2.45, 2.75) is 12.8 Å². The number of nitro benzene ring substituents is 1. The van der Waals surface area contributed by atoms with Crippen LogP contribution in [0.5, 0.6) is 5.75 Å². The predicted octanol–water partition coefficient (Wildman–Crippen LogP) is 4.60. The number of fused-ring (bicyclic) bond motifs is 2. The van der Waals surface area contributed by atoms with Crippen molar-refractivity contribution in [3.05, 3.63) is 75.8 Å². The molecule has 1 amide bonds. The summed E-state index contributed by atoms with van der Waals surface area (Å²) in [5.41, 5.74) is 4.38. The Balaban J connectivity index is 1.69. The average molecular weight is 433 g/mol. The van der Waals surface area contributed by atoms with Gasteiger partial charge in [0, 0.05) is 12.5 Å². The van der Waals surface area contributed by atoms with Crippen LogP contribution in [-0.2, 0) is 11.2 Å². The molecule has 1 aliphatic rings. The number of methoxy groups -OCH3 is 1. The van der Waals surface area contributed by atoms with Crippen molar-refractivity contribution in [2.75, 3.05) is 17.7 Å². The van der Waals surface area contributed by atoms with E-state index in [0.717, 1.165) is 11.1 Å². The predicted molar refractivity (Wildman–Crippen MR) is 119 cm³/mol. The minimum absolute atomic E-state index is 0.00243. The molecule has 3 N–H and O–H groups in total. The van der Waals surface area contributed by atoms with Crippen LogP contribution < -0.4 is 15.4 Å². The van der Waals surface area contributed by atoms with Crippen LogP contribution in [0.15, 0.2) is 54.6 Å². The number of aryl methyl sites for hydroxylation is 1. The highest BCUT2D eigenvalue weighted by Crippen LogP contribution is 2.37. The molecular weight excluding hydrogens is 414 g/mol. The summed E-state index contributed by atoms with van der Waals surface area (Å²) in [7, 11) is 1.37. The Labute approximate surface area is 182 Å². The van der Waals surface area contributed by atoms with E-state index in [1.807, 2.05) is 6.07 Å². The molecule has 0 fully saturated rings. The van der Waals surface area contributed by atoms with Gasteiger partial charge in [-0.05, 0) is 59.5 Å². The third-order valence-electron chi connectivity index (χ3n) is 5.20. The molecule has 32 heavy (non-hydrogen) atoms. The van der Waals surface area contributed by atoms with E-state index in [2.05, 4.69) is 10.6 Å². The molecule has 4 rings (SSSR count). The lowest BCUT2D eigenvalue weighted by atomic mass is 10.0. The summed E-state index contributed by atoms with van der Waals surface area (Å²) in [6.07, 6.45) is 0.361. The fourth-order valence-electron chi connectivity index (χ4n) is 3.58. The van der Waals surface area contributed by atoms with Crippen molar-refractivity contribution in [1.82, 2.24) is 0 Å². The summed E-state index contributed by atoms with van der Waals surface area (Å²) >= 11 is 0. The van der Waals surface area contributed by atoms with Crippen LogP contribution in [0.25, 0.3) is 11.1 Å². The molecule has 0 spiro atoms. The quantitative estimate of drug-likeness (QED) is 0.382. The van der Waals surface area contributed by atoms with Crippen molar-refractivity contribution < 1.29 is 24.4 Å². The second-order valence-corrected chi connectivity index (χ2v) is 7.26. The van der Waals surface area contributed by atoms with Gasteiger partial charge in [0.2, 0.25) is 0 Å². The van der Waals surface area contributed by atoms with E-state index < -0.39 is 10.9 Å². The Morgan fingerprint density at radius 3 is 2.47 bits per heavy atom. The van der Waals surface area contributed by atoms with Crippen molar-refractivity contribution in [1.29, 1.82) is 0 Å². The second kappa shape index (κ2) is 8.38. The largest absolute Gasteiger partial charge is 0.490 e. The minimum Gasteiger partial charge on any atom is -0.490 e. The van der Waals surface area contributed by atoms with Crippen LogP contribution in [0.4, 0.5) is 22.7 Å². The van der Waals surface area contributed by atoms with Crippen LogP contribution in [0.2, 0.25) is 0 Å². The molecule has 0 atom stereocenters. The van der Waals surface area contributed by atoms with Crippen molar-refractivity contribution >= 4 is 34.6 Å². The molecule has 0 unspecified atom stereocenters. The minimum atomic E-state index is -0.884. The molecule has 9 nitrogen and oxygen atoms in total. The lowest BCUT2D eigenvalue weighted by molar-refractivity contribution is -0.385. The fraction of sp³-hybridized carbons (Fsp3) is 0.130. The van der Waals surface area contributed by atoms with Gasteiger partial charge in [0.25, 0.3) is 5.91 Å². The van der Waals surface area contributed by atoms with Crippen LogP contribution in [0.3, 0.4) is 0 Å². The molecule has 0 saturated carbocycles. The first-order valence-corrected chi connectivity index (χ1v) is 9.75. The summed E-state index contributed by atoms with van der Waals surface area (Å²) in [6, 6.07) is 15.2. The number of hydrogen-bond acceptors (Lipinski definition) is 6. The normalized spacial score (nSPS) is 12.0. The summed E-state index contributed by atoms with van der Waals surface area (Å²) < 4.78 is 5.15. The Morgan fingerprint density at radius 1 is 1.00 bits per heavy atom. The van der Waals surface area contributed by atoms with Gasteiger partial charge < -0.3 is 20.5 Å². The van der Waals surface area contributed by atoms with Gasteiger partial charge >= 0.3 is 11.7 Å². The molecule has 3 aromatic rings. The van der Waals surface area contributed by atoms with Gasteiger partial charge in [-0.3, -0.25) is 19.7 Å². The lowest BCUT2D eigenvalue weighted by Gasteiger charge is -2.12. The number of nitro groups is 1. The van der Waals surface area contributed by atoms with Crippen LogP contribution in [-0.4, -0.2) is 29.0 Å². The Kier molecular flexibility index (Phi) is 5.46. The Morgan fingerprint density at radius 2 is 1.75 bits per heavy atom. The molecule has 162 valence electrons. The number of amides is 1. The molecule has 0 radical (unpaired) electrons. The third-order valence-corrected chi connectivity index (χ3v) is 5.20. The van der Waals surface area contributed by atoms with E-state index in [1.165, 1.54) is 13.2 Å². The maximum absolute atomic E-state index is 12.8. The molecule has 3 aromatic carbocycles. The Hall–Kier alpha value is -4.40. The topological polar surface area (TPSA) is 131 Å². The number of carboxylic acids is 1. The van der Waals surface area contributed by atoms with E-state index in [4.69, 9.17) is 9.84 Å². The zero-order chi connectivity index (χ0) is 22.8. The molecule has 1 aliphatic heterocycles. The first-order valence-electron chi connectivity index (χ1n) is 9.75. The lowest BCUT2D eigenvalue weighted by Crippen LogP contribution is -2.11. The summed E-state index contributed by atoms with van der Waals surface area (Å²) in [4.78, 5) is 34.3. The van der Waals surface area contributed by atoms with Gasteiger partial charge in [-0.15, -0.1) is 0 Å². The molecule has 1 heterocycles. The second-order valence-electron chi connectivity index (χ2n) is 7.26. The van der Waals surface area contributed by atoms with Crippen molar-refractivity contribution in [3.8, 4) is 16.9 Å². The SMILES string of the molecule is COc1cc(-c2ccc3c(c2)Nc2ccc(CCC(=O)O)cc2NC3=O)ccc1[N+](=O)[O-]. The molecule has 0 aromatic heterocycles. The number of rotatable bonds is 6. The highest BCUT2D eigenvalue weighted by atomic mass is 16.6. The van der Waals surface area contributed by atoms with Gasteiger partial charge in [-0.2, -0.15) is 0 Å². The van der Waals surface area contributed by atoms with Gasteiger partial charge in [-0.25, -0.2) is 0 Å². The van der Waals surface area contributed by atoms with E-state index in [1.54, 1.807) is 42.5 Å². The number of benzene rings is 3. The third kappa shape index (κ3) is 4.08. The maximum Gasteiger partial charge on any atom is 0.310 e. The van der Waals surface area contributed by atoms with Gasteiger partial charge in [-0.1, -0.05) is 12.1 Å². The van der Waals surface area contributed by atoms with Gasteiger partial charge in [0.05, 0.1) is 34.7 Å². The molecular formula is C23H19N3O6. The first kappa shape index (κ1) is 20.9. The van der Waals surface area contributed by atoms with Gasteiger partial charge in [0.15, 0.2) is 5.75 Å². The van der Waals surface area contributed by atoms with E-state index in [0.29, 0.717) is 34.6 Å². The number of nitrogens with one attached hydrogen (secondary N) is 2. The van der Waals surface area contributed by atoms with Crippen molar-refractivity contribution in [3.63, 3.8) is 0 Å². The number of hydrogen-bond donors (Lipinski definition) is 3. The zero-order valence-corrected chi connectivity index (χ0v) is 17.0.